The first-order valence-corrected chi connectivity index (χ1v) is 5.97. The van der Waals surface area contributed by atoms with Crippen LogP contribution in [0.25, 0.3) is 0 Å². The Kier molecular flexibility index (Phi) is 3.94. The van der Waals surface area contributed by atoms with Gasteiger partial charge in [0.2, 0.25) is 0 Å². The van der Waals surface area contributed by atoms with Crippen molar-refractivity contribution < 1.29 is 4.42 Å². The van der Waals surface area contributed by atoms with Crippen molar-refractivity contribution in [1.29, 1.82) is 0 Å². The summed E-state index contributed by atoms with van der Waals surface area (Å²) in [5.41, 5.74) is 2.46. The number of pyridine rings is 1. The maximum atomic E-state index is 5.57. The Morgan fingerprint density at radius 2 is 2.06 bits per heavy atom. The second-order valence-electron chi connectivity index (χ2n) is 4.14. The quantitative estimate of drug-likeness (QED) is 0.858. The van der Waals surface area contributed by atoms with E-state index in [9.17, 15) is 0 Å². The van der Waals surface area contributed by atoms with E-state index in [4.69, 9.17) is 4.42 Å². The molecule has 0 amide bonds. The molecule has 0 aliphatic heterocycles. The van der Waals surface area contributed by atoms with E-state index in [2.05, 4.69) is 24.1 Å². The first kappa shape index (κ1) is 11.9. The van der Waals surface area contributed by atoms with E-state index in [-0.39, 0.29) is 6.04 Å². The molecule has 3 heteroatoms. The number of likely N-dealkylation sites (N-methyl/N-ethyl adjacent to an activating group) is 1. The van der Waals surface area contributed by atoms with Crippen LogP contribution in [0.3, 0.4) is 0 Å². The van der Waals surface area contributed by atoms with E-state index in [1.807, 2.05) is 30.6 Å². The Morgan fingerprint density at radius 1 is 1.29 bits per heavy atom. The van der Waals surface area contributed by atoms with Gasteiger partial charge in [-0.25, -0.2) is 0 Å². The van der Waals surface area contributed by atoms with Crippen LogP contribution < -0.4 is 5.32 Å². The van der Waals surface area contributed by atoms with Crippen molar-refractivity contribution in [3.05, 3.63) is 53.7 Å². The lowest BCUT2D eigenvalue weighted by molar-refractivity contribution is 0.413. The van der Waals surface area contributed by atoms with Crippen molar-refractivity contribution in [2.75, 3.05) is 6.54 Å². The highest BCUT2D eigenvalue weighted by atomic mass is 16.3. The molecule has 1 unspecified atom stereocenters. The fraction of sp³-hybridized carbons (Fsp3) is 0.357. The Labute approximate surface area is 102 Å². The Hall–Kier alpha value is -1.61. The number of furan rings is 1. The molecule has 17 heavy (non-hydrogen) atoms. The van der Waals surface area contributed by atoms with Crippen molar-refractivity contribution in [2.24, 2.45) is 0 Å². The largest absolute Gasteiger partial charge is 0.467 e. The minimum absolute atomic E-state index is 0.234. The number of hydrogen-bond donors (Lipinski definition) is 1. The molecule has 0 saturated heterocycles. The van der Waals surface area contributed by atoms with Gasteiger partial charge < -0.3 is 9.73 Å². The summed E-state index contributed by atoms with van der Waals surface area (Å²) in [7, 11) is 0. The van der Waals surface area contributed by atoms with E-state index in [1.54, 1.807) is 6.26 Å². The van der Waals surface area contributed by atoms with Crippen molar-refractivity contribution in [3.8, 4) is 0 Å². The predicted molar refractivity (Wildman–Crippen MR) is 67.8 cm³/mol. The molecule has 2 rings (SSSR count). The molecular weight excluding hydrogens is 212 g/mol. The number of aromatic nitrogens is 1. The molecule has 0 aliphatic carbocycles. The monoisotopic (exact) mass is 230 g/mol. The van der Waals surface area contributed by atoms with Crippen molar-refractivity contribution in [2.45, 2.75) is 26.3 Å². The van der Waals surface area contributed by atoms with Gasteiger partial charge in [-0.05, 0) is 49.2 Å². The fourth-order valence-corrected chi connectivity index (χ4v) is 2.00. The van der Waals surface area contributed by atoms with Gasteiger partial charge in [0, 0.05) is 12.4 Å². The molecule has 1 atom stereocenters. The zero-order valence-corrected chi connectivity index (χ0v) is 10.3. The Bertz CT molecular complexity index is 450. The van der Waals surface area contributed by atoms with Crippen LogP contribution in [0.2, 0.25) is 0 Å². The van der Waals surface area contributed by atoms with Gasteiger partial charge in [-0.2, -0.15) is 0 Å². The molecule has 2 heterocycles. The van der Waals surface area contributed by atoms with Crippen LogP contribution >= 0.6 is 0 Å². The smallest absolute Gasteiger partial charge is 0.123 e. The molecule has 0 saturated carbocycles. The third-order valence-electron chi connectivity index (χ3n) is 2.86. The Balaban J connectivity index is 2.16. The number of rotatable bonds is 5. The average molecular weight is 230 g/mol. The number of nitrogens with zero attached hydrogens (tertiary/aromatic N) is 1. The molecule has 0 fully saturated rings. The topological polar surface area (TPSA) is 38.1 Å². The van der Waals surface area contributed by atoms with Gasteiger partial charge in [0.05, 0.1) is 12.3 Å². The maximum absolute atomic E-state index is 5.57. The van der Waals surface area contributed by atoms with Gasteiger partial charge in [0.15, 0.2) is 0 Å². The summed E-state index contributed by atoms with van der Waals surface area (Å²) < 4.78 is 5.57. The predicted octanol–water partition coefficient (Wildman–Crippen LogP) is 2.88. The lowest BCUT2D eigenvalue weighted by atomic mass is 10.0. The molecule has 0 aliphatic rings. The summed E-state index contributed by atoms with van der Waals surface area (Å²) in [5, 5.41) is 3.46. The molecule has 2 aromatic rings. The minimum atomic E-state index is 0.234. The summed E-state index contributed by atoms with van der Waals surface area (Å²) in [4.78, 5) is 4.04. The van der Waals surface area contributed by atoms with E-state index in [0.717, 1.165) is 18.7 Å². The zero-order chi connectivity index (χ0) is 12.1. The van der Waals surface area contributed by atoms with Crippen LogP contribution in [-0.2, 0) is 6.42 Å². The third kappa shape index (κ3) is 2.94. The van der Waals surface area contributed by atoms with E-state index in [0.29, 0.717) is 0 Å². The van der Waals surface area contributed by atoms with Crippen molar-refractivity contribution in [1.82, 2.24) is 10.3 Å². The van der Waals surface area contributed by atoms with E-state index >= 15 is 0 Å². The molecule has 1 N–H and O–H groups in total. The highest BCUT2D eigenvalue weighted by Gasteiger charge is 2.16. The lowest BCUT2D eigenvalue weighted by Crippen LogP contribution is -2.23. The molecule has 3 nitrogen and oxygen atoms in total. The van der Waals surface area contributed by atoms with Gasteiger partial charge in [-0.15, -0.1) is 0 Å². The zero-order valence-electron chi connectivity index (χ0n) is 10.3. The molecule has 0 spiro atoms. The maximum Gasteiger partial charge on any atom is 0.123 e. The SMILES string of the molecule is CCNC(Cc1ccncc1)c1occc1C. The molecule has 2 aromatic heterocycles. The molecular formula is C14H18N2O. The summed E-state index contributed by atoms with van der Waals surface area (Å²) >= 11 is 0. The summed E-state index contributed by atoms with van der Waals surface area (Å²) in [6.45, 7) is 5.11. The molecule has 0 bridgehead atoms. The average Bonchev–Trinajstić information content (AvgIpc) is 2.76. The van der Waals surface area contributed by atoms with E-state index in [1.165, 1.54) is 11.1 Å². The van der Waals surface area contributed by atoms with E-state index < -0.39 is 0 Å². The minimum Gasteiger partial charge on any atom is -0.467 e. The normalized spacial score (nSPS) is 12.6. The van der Waals surface area contributed by atoms with Crippen LogP contribution in [0, 0.1) is 6.92 Å². The van der Waals surface area contributed by atoms with Gasteiger partial charge in [-0.1, -0.05) is 6.92 Å². The summed E-state index contributed by atoms with van der Waals surface area (Å²) in [6, 6.07) is 6.33. The van der Waals surface area contributed by atoms with Crippen LogP contribution in [-0.4, -0.2) is 11.5 Å². The van der Waals surface area contributed by atoms with Crippen LogP contribution in [0.15, 0.2) is 41.3 Å². The van der Waals surface area contributed by atoms with Gasteiger partial charge in [0.1, 0.15) is 5.76 Å². The van der Waals surface area contributed by atoms with Crippen LogP contribution in [0.5, 0.6) is 0 Å². The first-order chi connectivity index (χ1) is 8.31. The Morgan fingerprint density at radius 3 is 2.65 bits per heavy atom. The highest BCUT2D eigenvalue weighted by Crippen LogP contribution is 2.22. The van der Waals surface area contributed by atoms with Gasteiger partial charge in [-0.3, -0.25) is 4.98 Å². The van der Waals surface area contributed by atoms with Crippen LogP contribution in [0.1, 0.15) is 29.9 Å². The fourth-order valence-electron chi connectivity index (χ4n) is 2.00. The number of nitrogens with one attached hydrogen (secondary N) is 1. The molecule has 90 valence electrons. The third-order valence-corrected chi connectivity index (χ3v) is 2.86. The summed E-state index contributed by atoms with van der Waals surface area (Å²) in [5.74, 6) is 1.03. The standard InChI is InChI=1S/C14H18N2O/c1-3-16-13(14-11(2)6-9-17-14)10-12-4-7-15-8-5-12/h4-9,13,16H,3,10H2,1-2H3. The second-order valence-corrected chi connectivity index (χ2v) is 4.14. The lowest BCUT2D eigenvalue weighted by Gasteiger charge is -2.16. The first-order valence-electron chi connectivity index (χ1n) is 5.97. The second kappa shape index (κ2) is 5.64. The number of aryl methyl sites for hydroxylation is 1. The summed E-state index contributed by atoms with van der Waals surface area (Å²) in [6.07, 6.45) is 6.33. The number of hydrogen-bond acceptors (Lipinski definition) is 3. The molecule has 0 aromatic carbocycles. The van der Waals surface area contributed by atoms with Crippen molar-refractivity contribution >= 4 is 0 Å². The van der Waals surface area contributed by atoms with Crippen molar-refractivity contribution in [3.63, 3.8) is 0 Å². The van der Waals surface area contributed by atoms with Crippen LogP contribution in [0.4, 0.5) is 0 Å². The van der Waals surface area contributed by atoms with Gasteiger partial charge in [0.25, 0.3) is 0 Å². The highest BCUT2D eigenvalue weighted by molar-refractivity contribution is 5.21. The molecule has 0 radical (unpaired) electrons. The van der Waals surface area contributed by atoms with Gasteiger partial charge >= 0.3 is 0 Å².